The molecule has 0 N–H and O–H groups in total. The van der Waals surface area contributed by atoms with Crippen LogP contribution in [0, 0.1) is 6.92 Å². The Balaban J connectivity index is 2.74. The Kier molecular flexibility index (Phi) is 2.11. The third-order valence-corrected chi connectivity index (χ3v) is 1.22. The molecule has 0 unspecified atom stereocenters. The van der Waals surface area contributed by atoms with Gasteiger partial charge in [0.2, 0.25) is 0 Å². The molecular weight excluding hydrogens is 144 g/mol. The summed E-state index contributed by atoms with van der Waals surface area (Å²) in [7, 11) is 0. The molecule has 0 fully saturated rings. The normalized spacial score (nSPS) is 9.18. The first kappa shape index (κ1) is 7.60. The zero-order valence-electron chi connectivity index (χ0n) is 6.03. The maximum Gasteiger partial charge on any atom is 0.257 e. The molecular formula is C8H7O3-. The summed E-state index contributed by atoms with van der Waals surface area (Å²) in [4.78, 5) is 9.92. The first-order valence-electron chi connectivity index (χ1n) is 3.14. The molecule has 58 valence electrons. The summed E-state index contributed by atoms with van der Waals surface area (Å²) >= 11 is 0. The standard InChI is InChI=1S/C8H8O3/c1-6-2-4-7(5-3-6)11-8(9)10/h2-5H,1H3,(H,9,10)/p-1. The second-order valence-corrected chi connectivity index (χ2v) is 2.17. The highest BCUT2D eigenvalue weighted by Crippen LogP contribution is 2.10. The van der Waals surface area contributed by atoms with Crippen LogP contribution in [0.5, 0.6) is 5.75 Å². The van der Waals surface area contributed by atoms with Crippen LogP contribution in [0.1, 0.15) is 5.56 Å². The fraction of sp³-hybridized carbons (Fsp3) is 0.125. The number of carbonyl (C=O) groups is 1. The first-order chi connectivity index (χ1) is 5.18. The number of carboxylic acid groups (broad SMARTS) is 1. The van der Waals surface area contributed by atoms with Crippen LogP contribution in [-0.2, 0) is 0 Å². The molecule has 11 heavy (non-hydrogen) atoms. The van der Waals surface area contributed by atoms with Crippen LogP contribution in [0.25, 0.3) is 0 Å². The molecule has 3 heteroatoms. The third kappa shape index (κ3) is 2.29. The number of rotatable bonds is 1. The van der Waals surface area contributed by atoms with E-state index >= 15 is 0 Å². The topological polar surface area (TPSA) is 49.4 Å². The van der Waals surface area contributed by atoms with Gasteiger partial charge in [-0.15, -0.1) is 0 Å². The number of ether oxygens (including phenoxy) is 1. The molecule has 0 amide bonds. The van der Waals surface area contributed by atoms with Crippen molar-refractivity contribution in [2.24, 2.45) is 0 Å². The van der Waals surface area contributed by atoms with E-state index < -0.39 is 6.16 Å². The lowest BCUT2D eigenvalue weighted by Gasteiger charge is -2.06. The molecule has 0 atom stereocenters. The highest BCUT2D eigenvalue weighted by molar-refractivity contribution is 5.58. The summed E-state index contributed by atoms with van der Waals surface area (Å²) in [5, 5.41) is 9.92. The summed E-state index contributed by atoms with van der Waals surface area (Å²) in [6.45, 7) is 1.91. The quantitative estimate of drug-likeness (QED) is 0.439. The predicted octanol–water partition coefficient (Wildman–Crippen LogP) is 0.717. The van der Waals surface area contributed by atoms with Gasteiger partial charge in [-0.2, -0.15) is 0 Å². The molecule has 0 radical (unpaired) electrons. The number of benzene rings is 1. The summed E-state index contributed by atoms with van der Waals surface area (Å²) in [6.07, 6.45) is -1.53. The van der Waals surface area contributed by atoms with Crippen molar-refractivity contribution in [2.45, 2.75) is 6.92 Å². The third-order valence-electron chi connectivity index (χ3n) is 1.22. The Bertz CT molecular complexity index is 251. The molecule has 0 bridgehead atoms. The lowest BCUT2D eigenvalue weighted by atomic mass is 10.2. The van der Waals surface area contributed by atoms with Crippen molar-refractivity contribution in [1.82, 2.24) is 0 Å². The Labute approximate surface area is 64.2 Å². The van der Waals surface area contributed by atoms with Crippen molar-refractivity contribution in [1.29, 1.82) is 0 Å². The summed E-state index contributed by atoms with van der Waals surface area (Å²) in [6, 6.07) is 6.67. The van der Waals surface area contributed by atoms with Crippen LogP contribution in [0.3, 0.4) is 0 Å². The molecule has 0 saturated heterocycles. The molecule has 0 aliphatic rings. The van der Waals surface area contributed by atoms with Gasteiger partial charge in [0.05, 0.1) is 5.75 Å². The van der Waals surface area contributed by atoms with Crippen LogP contribution in [0.2, 0.25) is 0 Å². The lowest BCUT2D eigenvalue weighted by molar-refractivity contribution is -0.271. The van der Waals surface area contributed by atoms with Gasteiger partial charge in [0, 0.05) is 0 Å². The highest BCUT2D eigenvalue weighted by Gasteiger charge is 1.88. The van der Waals surface area contributed by atoms with E-state index in [-0.39, 0.29) is 5.75 Å². The minimum atomic E-state index is -1.53. The van der Waals surface area contributed by atoms with E-state index in [1.54, 1.807) is 24.3 Å². The van der Waals surface area contributed by atoms with Crippen molar-refractivity contribution in [2.75, 3.05) is 0 Å². The number of hydrogen-bond donors (Lipinski definition) is 0. The van der Waals surface area contributed by atoms with E-state index in [1.165, 1.54) is 0 Å². The van der Waals surface area contributed by atoms with Crippen LogP contribution in [-0.4, -0.2) is 6.16 Å². The van der Waals surface area contributed by atoms with Gasteiger partial charge in [-0.25, -0.2) is 0 Å². The van der Waals surface area contributed by atoms with Crippen molar-refractivity contribution < 1.29 is 14.6 Å². The number of aryl methyl sites for hydroxylation is 1. The maximum atomic E-state index is 9.92. The van der Waals surface area contributed by atoms with Gasteiger partial charge in [-0.05, 0) is 19.1 Å². The molecule has 0 spiro atoms. The van der Waals surface area contributed by atoms with Crippen LogP contribution >= 0.6 is 0 Å². The second kappa shape index (κ2) is 3.05. The van der Waals surface area contributed by atoms with Crippen LogP contribution < -0.4 is 9.84 Å². The molecule has 1 rings (SSSR count). The number of carbonyl (C=O) groups excluding carboxylic acids is 1. The zero-order chi connectivity index (χ0) is 8.27. The summed E-state index contributed by atoms with van der Waals surface area (Å²) < 4.78 is 4.27. The fourth-order valence-corrected chi connectivity index (χ4v) is 0.703. The van der Waals surface area contributed by atoms with Gasteiger partial charge in [-0.1, -0.05) is 17.7 Å². The van der Waals surface area contributed by atoms with E-state index in [4.69, 9.17) is 0 Å². The van der Waals surface area contributed by atoms with Crippen molar-refractivity contribution in [3.63, 3.8) is 0 Å². The van der Waals surface area contributed by atoms with Crippen molar-refractivity contribution in [3.8, 4) is 5.75 Å². The molecule has 3 nitrogen and oxygen atoms in total. The van der Waals surface area contributed by atoms with E-state index in [1.807, 2.05) is 6.92 Å². The van der Waals surface area contributed by atoms with Gasteiger partial charge >= 0.3 is 0 Å². The first-order valence-corrected chi connectivity index (χ1v) is 3.14. The second-order valence-electron chi connectivity index (χ2n) is 2.17. The molecule has 0 aliphatic carbocycles. The zero-order valence-corrected chi connectivity index (χ0v) is 6.03. The van der Waals surface area contributed by atoms with Crippen LogP contribution in [0.4, 0.5) is 4.79 Å². The highest BCUT2D eigenvalue weighted by atomic mass is 16.7. The molecule has 1 aromatic rings. The lowest BCUT2D eigenvalue weighted by Crippen LogP contribution is -2.26. The van der Waals surface area contributed by atoms with E-state index in [0.29, 0.717) is 0 Å². The van der Waals surface area contributed by atoms with Crippen LogP contribution in [0.15, 0.2) is 24.3 Å². The molecule has 0 aromatic heterocycles. The Morgan fingerprint density at radius 3 is 2.36 bits per heavy atom. The van der Waals surface area contributed by atoms with Gasteiger partial charge in [-0.3, -0.25) is 0 Å². The maximum absolute atomic E-state index is 9.92. The van der Waals surface area contributed by atoms with Gasteiger partial charge < -0.3 is 14.6 Å². The number of hydrogen-bond acceptors (Lipinski definition) is 3. The van der Waals surface area contributed by atoms with Crippen molar-refractivity contribution >= 4 is 6.16 Å². The van der Waals surface area contributed by atoms with E-state index in [9.17, 15) is 9.90 Å². The van der Waals surface area contributed by atoms with Gasteiger partial charge in [0.25, 0.3) is 6.16 Å². The largest absolute Gasteiger partial charge is 0.514 e. The molecule has 1 aromatic carbocycles. The Morgan fingerprint density at radius 2 is 1.91 bits per heavy atom. The fourth-order valence-electron chi connectivity index (χ4n) is 0.703. The predicted molar refractivity (Wildman–Crippen MR) is 37.2 cm³/mol. The van der Waals surface area contributed by atoms with E-state index in [0.717, 1.165) is 5.56 Å². The average Bonchev–Trinajstić information content (AvgIpc) is 1.93. The molecule has 0 saturated carbocycles. The summed E-state index contributed by atoms with van der Waals surface area (Å²) in [5.74, 6) is 0.288. The monoisotopic (exact) mass is 151 g/mol. The Hall–Kier alpha value is -1.51. The minimum absolute atomic E-state index is 0.288. The minimum Gasteiger partial charge on any atom is -0.514 e. The molecule has 0 aliphatic heterocycles. The smallest absolute Gasteiger partial charge is 0.257 e. The summed E-state index contributed by atoms with van der Waals surface area (Å²) in [5.41, 5.74) is 1.05. The SMILES string of the molecule is Cc1ccc(OC(=O)[O-])cc1. The van der Waals surface area contributed by atoms with E-state index in [2.05, 4.69) is 4.74 Å². The average molecular weight is 151 g/mol. The molecule has 0 heterocycles. The van der Waals surface area contributed by atoms with Gasteiger partial charge in [0.15, 0.2) is 0 Å². The van der Waals surface area contributed by atoms with Crippen molar-refractivity contribution in [3.05, 3.63) is 29.8 Å². The van der Waals surface area contributed by atoms with Gasteiger partial charge in [0.1, 0.15) is 0 Å². The Morgan fingerprint density at radius 1 is 1.36 bits per heavy atom.